The van der Waals surface area contributed by atoms with Crippen molar-refractivity contribution < 1.29 is 127 Å². The second kappa shape index (κ2) is 15.3. The van der Waals surface area contributed by atoms with E-state index >= 15 is 0 Å². The van der Waals surface area contributed by atoms with Gasteiger partial charge in [0.25, 0.3) is 21.2 Å². The first-order chi connectivity index (χ1) is 15.2. The average Bonchev–Trinajstić information content (AvgIpc) is 3.21. The van der Waals surface area contributed by atoms with Crippen LogP contribution in [0.5, 0.6) is 0 Å². The molecule has 27 heteroatoms. The Balaban J connectivity index is 0. The molecule has 3 rings (SSSR count). The number of phosphoric ester groups is 1. The molecule has 0 bridgehead atoms. The van der Waals surface area contributed by atoms with Crippen molar-refractivity contribution in [3.05, 3.63) is 27.1 Å². The topological polar surface area (TPSA) is 319 Å². The molecule has 20 nitrogen and oxygen atoms in total. The van der Waals surface area contributed by atoms with Gasteiger partial charge in [-0.15, -0.1) is 0 Å². The van der Waals surface area contributed by atoms with E-state index in [0.717, 1.165) is 0 Å². The normalized spacial score (nSPS) is 22.1. The number of aromatic amines is 1. The van der Waals surface area contributed by atoms with Crippen molar-refractivity contribution in [1.82, 2.24) is 19.5 Å². The number of fused-ring (bicyclic) bond motifs is 1. The van der Waals surface area contributed by atoms with Crippen LogP contribution in [0.3, 0.4) is 0 Å². The quantitative estimate of drug-likeness (QED) is 0.0952. The first-order valence-corrected chi connectivity index (χ1v) is 12.7. The number of aromatic nitrogens is 4. The molecule has 0 aliphatic carbocycles. The van der Waals surface area contributed by atoms with Crippen molar-refractivity contribution in [3.8, 4) is 0 Å². The van der Waals surface area contributed by atoms with E-state index in [1.807, 2.05) is 0 Å². The second-order valence-corrected chi connectivity index (χ2v) is 10.5. The molecule has 1 fully saturated rings. The molecule has 2 aromatic heterocycles. The Morgan fingerprint density at radius 1 is 1.19 bits per heavy atom. The molecule has 0 amide bonds. The number of hydrogen-bond donors (Lipinski definition) is 2. The average molecular weight is 556 g/mol. The van der Waals surface area contributed by atoms with Crippen LogP contribution < -0.4 is 106 Å². The van der Waals surface area contributed by atoms with Crippen LogP contribution >= 0.6 is 23.5 Å². The van der Waals surface area contributed by atoms with Crippen molar-refractivity contribution in [2.24, 2.45) is 5.11 Å². The minimum Gasteiger partial charge on any atom is -0.790 e. The Kier molecular flexibility index (Phi) is 16.3. The Hall–Kier alpha value is 0.220. The number of H-pyrrole nitrogens is 1. The van der Waals surface area contributed by atoms with E-state index in [-0.39, 0.29) is 99.0 Å². The number of phosphoric acid groups is 3. The number of hydrogen-bond acceptors (Lipinski definition) is 16. The van der Waals surface area contributed by atoms with Gasteiger partial charge in [-0.25, -0.2) is 9.29 Å². The van der Waals surface area contributed by atoms with E-state index in [4.69, 9.17) is 16.0 Å². The number of nitrogens with two attached hydrogens (primary N) is 1. The molecule has 0 saturated carbocycles. The molecule has 0 radical (unpaired) electrons. The van der Waals surface area contributed by atoms with Crippen LogP contribution in [0.2, 0.25) is 0 Å². The SMILES string of the molecule is [Li+].[Li+].[Li+].[Li+].[N-]=[N+]=NC1CC(n2cnc3c(=O)[nH]c(N)nc32)OC1COP(=O)([O-])OP(=O)([O-])OP(=O)([O-])[O-]. The van der Waals surface area contributed by atoms with Gasteiger partial charge < -0.3 is 39.1 Å². The number of ether oxygens (including phenoxy) is 1. The number of nitrogen functional groups attached to an aromatic ring is 1. The zero-order valence-electron chi connectivity index (χ0n) is 19.7. The number of nitrogens with one attached hydrogen (secondary N) is 1. The third-order valence-electron chi connectivity index (χ3n) is 3.96. The Morgan fingerprint density at radius 2 is 1.81 bits per heavy atom. The maximum Gasteiger partial charge on any atom is 1.00 e. The maximum atomic E-state index is 11.9. The van der Waals surface area contributed by atoms with E-state index in [9.17, 15) is 38.1 Å². The number of rotatable bonds is 9. The van der Waals surface area contributed by atoms with Crippen LogP contribution in [-0.2, 0) is 31.6 Å². The summed E-state index contributed by atoms with van der Waals surface area (Å²) in [6.07, 6.45) is -1.21. The van der Waals surface area contributed by atoms with Gasteiger partial charge >= 0.3 is 75.4 Å². The monoisotopic (exact) mass is 556 g/mol. The van der Waals surface area contributed by atoms with E-state index < -0.39 is 54.0 Å². The van der Waals surface area contributed by atoms with Gasteiger partial charge in [0.1, 0.15) is 6.23 Å². The van der Waals surface area contributed by atoms with Crippen molar-refractivity contribution in [3.63, 3.8) is 0 Å². The minimum atomic E-state index is -6.14. The van der Waals surface area contributed by atoms with Crippen molar-refractivity contribution in [1.29, 1.82) is 0 Å². The van der Waals surface area contributed by atoms with E-state index in [1.54, 1.807) is 0 Å². The molecule has 0 spiro atoms. The van der Waals surface area contributed by atoms with Gasteiger partial charge in [0.05, 0.1) is 32.9 Å². The van der Waals surface area contributed by atoms with Crippen molar-refractivity contribution in [2.75, 3.05) is 12.3 Å². The molecule has 2 aromatic rings. The molecule has 5 atom stereocenters. The molecule has 3 heterocycles. The molecular weight excluding hydrogens is 545 g/mol. The van der Waals surface area contributed by atoms with Crippen LogP contribution in [0.4, 0.5) is 5.95 Å². The van der Waals surface area contributed by atoms with Gasteiger partial charge in [0, 0.05) is 11.3 Å². The van der Waals surface area contributed by atoms with Gasteiger partial charge in [-0.05, 0) is 5.53 Å². The number of imidazole rings is 1. The van der Waals surface area contributed by atoms with Gasteiger partial charge in [0.2, 0.25) is 5.95 Å². The number of anilines is 1. The van der Waals surface area contributed by atoms with Crippen LogP contribution in [0.15, 0.2) is 16.2 Å². The van der Waals surface area contributed by atoms with Crippen LogP contribution in [0.25, 0.3) is 21.6 Å². The smallest absolute Gasteiger partial charge is 0.790 e. The van der Waals surface area contributed by atoms with Gasteiger partial charge in [-0.2, -0.15) is 4.98 Å². The number of nitrogens with zero attached hydrogens (tertiary/aromatic N) is 6. The largest absolute Gasteiger partial charge is 1.00 e. The van der Waals surface area contributed by atoms with Gasteiger partial charge in [-0.1, -0.05) is 5.11 Å². The summed E-state index contributed by atoms with van der Waals surface area (Å²) in [5, 5.41) is 3.44. The third kappa shape index (κ3) is 11.0. The summed E-state index contributed by atoms with van der Waals surface area (Å²) >= 11 is 0. The first-order valence-electron chi connectivity index (χ1n) is 8.33. The summed E-state index contributed by atoms with van der Waals surface area (Å²) < 4.78 is 51.0. The maximum absolute atomic E-state index is 11.9. The predicted octanol–water partition coefficient (Wildman–Crippen LogP) is -14.5. The molecule has 1 aliphatic heterocycles. The summed E-state index contributed by atoms with van der Waals surface area (Å²) in [5.74, 6) is -0.229. The molecule has 182 valence electrons. The third-order valence-corrected chi connectivity index (χ3v) is 7.63. The van der Waals surface area contributed by atoms with Crippen LogP contribution in [0.1, 0.15) is 12.6 Å². The van der Waals surface area contributed by atoms with Crippen LogP contribution in [-0.4, -0.2) is 38.3 Å². The fourth-order valence-corrected chi connectivity index (χ4v) is 5.69. The van der Waals surface area contributed by atoms with E-state index in [0.29, 0.717) is 0 Å². The molecule has 5 unspecified atom stereocenters. The van der Waals surface area contributed by atoms with E-state index in [1.165, 1.54) is 10.9 Å². The fourth-order valence-electron chi connectivity index (χ4n) is 2.83. The first kappa shape index (κ1) is 39.4. The summed E-state index contributed by atoms with van der Waals surface area (Å²) in [6.45, 7) is -0.962. The van der Waals surface area contributed by atoms with Gasteiger partial charge in [0.15, 0.2) is 11.2 Å². The molecule has 1 aliphatic rings. The second-order valence-electron chi connectivity index (χ2n) is 6.21. The predicted molar refractivity (Wildman–Crippen MR) is 95.0 cm³/mol. The Morgan fingerprint density at radius 3 is 2.38 bits per heavy atom. The van der Waals surface area contributed by atoms with Crippen LogP contribution in [0, 0.1) is 0 Å². The summed E-state index contributed by atoms with van der Waals surface area (Å²) in [7, 11) is -18.1. The Labute approximate surface area is 254 Å². The van der Waals surface area contributed by atoms with Gasteiger partial charge in [-0.3, -0.25) is 27.8 Å². The standard InChI is InChI=1S/C10H15N8O12P3.4Li/c11-10-14-8-7(9(19)15-10)13-3-18(8)6-1-4(16-17-12)5(28-6)2-27-32(23,24)30-33(25,26)29-31(20,21)22;;;;/h3-6H,1-2H2,(H,23,24)(H,25,26)(H2,20,21,22)(H3,11,14,15,19);;;;/q;4*+1/p-4. The zero-order chi connectivity index (χ0) is 24.6. The summed E-state index contributed by atoms with van der Waals surface area (Å²) in [6, 6.07) is -1.06. The molecule has 37 heavy (non-hydrogen) atoms. The molecular formula is C10H11Li4N8O12P3. The van der Waals surface area contributed by atoms with Crippen molar-refractivity contribution >= 4 is 40.6 Å². The fraction of sp³-hybridized carbons (Fsp3) is 0.500. The Bertz CT molecular complexity index is 1320. The van der Waals surface area contributed by atoms with E-state index in [2.05, 4.69) is 38.1 Å². The molecule has 0 aromatic carbocycles. The minimum absolute atomic E-state index is 0. The van der Waals surface area contributed by atoms with Crippen molar-refractivity contribution in [2.45, 2.75) is 24.8 Å². The summed E-state index contributed by atoms with van der Waals surface area (Å²) in [4.78, 5) is 68.2. The summed E-state index contributed by atoms with van der Waals surface area (Å²) in [5.41, 5.74) is 13.5. The molecule has 1 saturated heterocycles. The zero-order valence-corrected chi connectivity index (χ0v) is 22.4. The molecule has 3 N–H and O–H groups in total. The number of azide groups is 1.